The van der Waals surface area contributed by atoms with Gasteiger partial charge in [-0.1, -0.05) is 17.7 Å². The van der Waals surface area contributed by atoms with Crippen LogP contribution in [0.2, 0.25) is 0 Å². The number of benzene rings is 1. The molecule has 0 spiro atoms. The van der Waals surface area contributed by atoms with Gasteiger partial charge in [-0.2, -0.15) is 0 Å². The van der Waals surface area contributed by atoms with Gasteiger partial charge in [-0.05, 0) is 45.9 Å². The Hall–Kier alpha value is -3.09. The molecule has 0 aliphatic carbocycles. The van der Waals surface area contributed by atoms with Crippen LogP contribution in [0.15, 0.2) is 30.3 Å². The number of carbonyl (C=O) groups is 3. The zero-order valence-corrected chi connectivity index (χ0v) is 14.6. The standard InChI is InChI=1S/C18H21N3O4/c1-10-5-7-14(8-6-10)21-11(2)9-15(12(21)3)17(23)25-13(4)16(22)20-18(19)24/h5-9,13H,1-4H3,(H3,19,20,22,24). The Morgan fingerprint density at radius 1 is 1.12 bits per heavy atom. The van der Waals surface area contributed by atoms with E-state index in [1.54, 1.807) is 13.0 Å². The molecule has 0 bridgehead atoms. The number of esters is 1. The van der Waals surface area contributed by atoms with Crippen LogP contribution in [0, 0.1) is 20.8 Å². The lowest BCUT2D eigenvalue weighted by Crippen LogP contribution is -2.42. The van der Waals surface area contributed by atoms with Crippen molar-refractivity contribution < 1.29 is 19.1 Å². The zero-order chi connectivity index (χ0) is 18.7. The molecule has 1 unspecified atom stereocenters. The monoisotopic (exact) mass is 343 g/mol. The molecule has 0 fully saturated rings. The quantitative estimate of drug-likeness (QED) is 0.830. The second-order valence-corrected chi connectivity index (χ2v) is 5.86. The van der Waals surface area contributed by atoms with Gasteiger partial charge in [-0.15, -0.1) is 0 Å². The van der Waals surface area contributed by atoms with Crippen LogP contribution >= 0.6 is 0 Å². The minimum absolute atomic E-state index is 0.358. The van der Waals surface area contributed by atoms with E-state index in [1.807, 2.05) is 48.0 Å². The van der Waals surface area contributed by atoms with Crippen LogP contribution in [0.4, 0.5) is 4.79 Å². The Labute approximate surface area is 145 Å². The fourth-order valence-electron chi connectivity index (χ4n) is 2.56. The number of primary amides is 1. The zero-order valence-electron chi connectivity index (χ0n) is 14.6. The summed E-state index contributed by atoms with van der Waals surface area (Å²) < 4.78 is 7.07. The summed E-state index contributed by atoms with van der Waals surface area (Å²) in [5.41, 5.74) is 8.87. The normalized spacial score (nSPS) is 11.7. The highest BCUT2D eigenvalue weighted by Crippen LogP contribution is 2.22. The Morgan fingerprint density at radius 3 is 2.28 bits per heavy atom. The van der Waals surface area contributed by atoms with E-state index in [0.29, 0.717) is 11.3 Å². The van der Waals surface area contributed by atoms with Crippen molar-refractivity contribution in [3.63, 3.8) is 0 Å². The maximum atomic E-state index is 12.4. The number of hydrogen-bond acceptors (Lipinski definition) is 4. The van der Waals surface area contributed by atoms with E-state index in [1.165, 1.54) is 6.92 Å². The largest absolute Gasteiger partial charge is 0.449 e. The Morgan fingerprint density at radius 2 is 1.72 bits per heavy atom. The number of amides is 3. The third-order valence-electron chi connectivity index (χ3n) is 3.84. The fraction of sp³-hybridized carbons (Fsp3) is 0.278. The molecule has 3 amide bonds. The van der Waals surface area contributed by atoms with E-state index >= 15 is 0 Å². The van der Waals surface area contributed by atoms with Crippen molar-refractivity contribution in [2.24, 2.45) is 5.73 Å². The second kappa shape index (κ2) is 7.21. The summed E-state index contributed by atoms with van der Waals surface area (Å²) in [5, 5.41) is 1.88. The predicted molar refractivity (Wildman–Crippen MR) is 92.6 cm³/mol. The van der Waals surface area contributed by atoms with Gasteiger partial charge in [0.05, 0.1) is 5.56 Å². The van der Waals surface area contributed by atoms with Gasteiger partial charge in [0.2, 0.25) is 0 Å². The molecule has 1 aromatic heterocycles. The molecule has 0 radical (unpaired) electrons. The Balaban J connectivity index is 2.24. The van der Waals surface area contributed by atoms with Gasteiger partial charge in [-0.3, -0.25) is 10.1 Å². The summed E-state index contributed by atoms with van der Waals surface area (Å²) >= 11 is 0. The summed E-state index contributed by atoms with van der Waals surface area (Å²) in [7, 11) is 0. The lowest BCUT2D eigenvalue weighted by atomic mass is 10.2. The van der Waals surface area contributed by atoms with Crippen molar-refractivity contribution >= 4 is 17.9 Å². The van der Waals surface area contributed by atoms with Gasteiger partial charge in [0.15, 0.2) is 6.10 Å². The maximum absolute atomic E-state index is 12.4. The van der Waals surface area contributed by atoms with E-state index in [-0.39, 0.29) is 0 Å². The highest BCUT2D eigenvalue weighted by atomic mass is 16.5. The number of aromatic nitrogens is 1. The third kappa shape index (κ3) is 4.06. The van der Waals surface area contributed by atoms with E-state index < -0.39 is 24.0 Å². The van der Waals surface area contributed by atoms with Crippen molar-refractivity contribution in [2.45, 2.75) is 33.8 Å². The summed E-state index contributed by atoms with van der Waals surface area (Å²) in [6, 6.07) is 8.62. The minimum Gasteiger partial charge on any atom is -0.449 e. The molecular formula is C18H21N3O4. The molecule has 0 saturated heterocycles. The first kappa shape index (κ1) is 18.3. The number of nitrogens with two attached hydrogens (primary N) is 1. The van der Waals surface area contributed by atoms with Gasteiger partial charge in [0.25, 0.3) is 5.91 Å². The number of imide groups is 1. The first-order valence-corrected chi connectivity index (χ1v) is 7.78. The van der Waals surface area contributed by atoms with Gasteiger partial charge in [0, 0.05) is 17.1 Å². The lowest BCUT2D eigenvalue weighted by molar-refractivity contribution is -0.127. The van der Waals surface area contributed by atoms with E-state index in [2.05, 4.69) is 0 Å². The molecular weight excluding hydrogens is 322 g/mol. The molecule has 0 saturated carbocycles. The first-order chi connectivity index (χ1) is 11.7. The van der Waals surface area contributed by atoms with Gasteiger partial charge in [-0.25, -0.2) is 9.59 Å². The molecule has 7 nitrogen and oxygen atoms in total. The Bertz CT molecular complexity index is 822. The van der Waals surface area contributed by atoms with E-state index in [4.69, 9.17) is 10.5 Å². The van der Waals surface area contributed by atoms with Crippen LogP contribution in [0.3, 0.4) is 0 Å². The number of nitrogens with one attached hydrogen (secondary N) is 1. The van der Waals surface area contributed by atoms with Crippen molar-refractivity contribution in [1.82, 2.24) is 9.88 Å². The SMILES string of the molecule is Cc1ccc(-n2c(C)cc(C(=O)OC(C)C(=O)NC(N)=O)c2C)cc1. The molecule has 0 aliphatic rings. The molecule has 0 aliphatic heterocycles. The number of aryl methyl sites for hydroxylation is 2. The topological polar surface area (TPSA) is 103 Å². The molecule has 132 valence electrons. The molecule has 2 rings (SSSR count). The summed E-state index contributed by atoms with van der Waals surface area (Å²) in [6.45, 7) is 7.06. The molecule has 1 heterocycles. The molecule has 25 heavy (non-hydrogen) atoms. The molecule has 2 aromatic rings. The number of hydrogen-bond donors (Lipinski definition) is 2. The third-order valence-corrected chi connectivity index (χ3v) is 3.84. The van der Waals surface area contributed by atoms with Crippen LogP contribution in [0.1, 0.15) is 34.2 Å². The number of carbonyl (C=O) groups excluding carboxylic acids is 3. The summed E-state index contributed by atoms with van der Waals surface area (Å²) in [4.78, 5) is 34.7. The maximum Gasteiger partial charge on any atom is 0.340 e. The van der Waals surface area contributed by atoms with Crippen LogP contribution in [0.5, 0.6) is 0 Å². The summed E-state index contributed by atoms with van der Waals surface area (Å²) in [5.74, 6) is -1.41. The fourth-order valence-corrected chi connectivity index (χ4v) is 2.56. The van der Waals surface area contributed by atoms with Crippen LogP contribution in [-0.2, 0) is 9.53 Å². The number of ether oxygens (including phenoxy) is 1. The number of nitrogens with zero attached hydrogens (tertiary/aromatic N) is 1. The van der Waals surface area contributed by atoms with Crippen molar-refractivity contribution in [3.05, 3.63) is 52.8 Å². The van der Waals surface area contributed by atoms with E-state index in [9.17, 15) is 14.4 Å². The van der Waals surface area contributed by atoms with Gasteiger partial charge >= 0.3 is 12.0 Å². The molecule has 3 N–H and O–H groups in total. The van der Waals surface area contributed by atoms with Crippen LogP contribution in [0.25, 0.3) is 5.69 Å². The number of urea groups is 1. The smallest absolute Gasteiger partial charge is 0.340 e. The summed E-state index contributed by atoms with van der Waals surface area (Å²) in [6.07, 6.45) is -1.14. The van der Waals surface area contributed by atoms with Gasteiger partial charge in [0.1, 0.15) is 0 Å². The predicted octanol–water partition coefficient (Wildman–Crippen LogP) is 2.14. The average molecular weight is 343 g/mol. The Kier molecular flexibility index (Phi) is 5.26. The highest BCUT2D eigenvalue weighted by molar-refractivity contribution is 5.98. The lowest BCUT2D eigenvalue weighted by Gasteiger charge is -2.13. The van der Waals surface area contributed by atoms with Crippen molar-refractivity contribution in [2.75, 3.05) is 0 Å². The van der Waals surface area contributed by atoms with Gasteiger partial charge < -0.3 is 15.0 Å². The van der Waals surface area contributed by atoms with Crippen LogP contribution in [-0.4, -0.2) is 28.6 Å². The highest BCUT2D eigenvalue weighted by Gasteiger charge is 2.23. The molecule has 1 atom stereocenters. The average Bonchev–Trinajstić information content (AvgIpc) is 2.82. The first-order valence-electron chi connectivity index (χ1n) is 7.78. The van der Waals surface area contributed by atoms with Crippen molar-refractivity contribution in [3.8, 4) is 5.69 Å². The van der Waals surface area contributed by atoms with Crippen molar-refractivity contribution in [1.29, 1.82) is 0 Å². The minimum atomic E-state index is -1.14. The molecule has 1 aromatic carbocycles. The van der Waals surface area contributed by atoms with E-state index in [0.717, 1.165) is 16.9 Å². The second-order valence-electron chi connectivity index (χ2n) is 5.86. The molecule has 7 heteroatoms. The number of rotatable bonds is 4. The van der Waals surface area contributed by atoms with Crippen LogP contribution < -0.4 is 11.1 Å².